The van der Waals surface area contributed by atoms with Crippen LogP contribution < -0.4 is 0 Å². The molecule has 16 heavy (non-hydrogen) atoms. The lowest BCUT2D eigenvalue weighted by atomic mass is 10.1. The standard InChI is InChI=1S/C11H8Cl2N2O/c12-8-1-2-9-7(11(8)13)5-15-4-6(16)3-10(15)14-9/h1-2H,3-5H2. The lowest BCUT2D eigenvalue weighted by Crippen LogP contribution is -2.27. The van der Waals surface area contributed by atoms with Gasteiger partial charge in [-0.3, -0.25) is 4.79 Å². The maximum Gasteiger partial charge on any atom is 0.159 e. The summed E-state index contributed by atoms with van der Waals surface area (Å²) in [6, 6.07) is 3.58. The Morgan fingerprint density at radius 1 is 1.25 bits per heavy atom. The molecule has 3 nitrogen and oxygen atoms in total. The molecule has 0 aromatic heterocycles. The number of benzene rings is 1. The van der Waals surface area contributed by atoms with E-state index in [1.807, 2.05) is 11.0 Å². The van der Waals surface area contributed by atoms with Crippen molar-refractivity contribution in [3.05, 3.63) is 27.7 Å². The van der Waals surface area contributed by atoms with Gasteiger partial charge < -0.3 is 4.90 Å². The number of nitrogens with zero attached hydrogens (tertiary/aromatic N) is 2. The SMILES string of the molecule is O=C1CC2=Nc3ccc(Cl)c(Cl)c3CN2C1. The zero-order valence-electron chi connectivity index (χ0n) is 8.33. The first-order chi connectivity index (χ1) is 7.65. The van der Waals surface area contributed by atoms with Gasteiger partial charge in [-0.25, -0.2) is 4.99 Å². The van der Waals surface area contributed by atoms with E-state index in [2.05, 4.69) is 4.99 Å². The number of amidine groups is 1. The summed E-state index contributed by atoms with van der Waals surface area (Å²) in [7, 11) is 0. The van der Waals surface area contributed by atoms with Crippen LogP contribution in [0.4, 0.5) is 5.69 Å². The van der Waals surface area contributed by atoms with Gasteiger partial charge in [-0.2, -0.15) is 0 Å². The van der Waals surface area contributed by atoms with E-state index < -0.39 is 0 Å². The summed E-state index contributed by atoms with van der Waals surface area (Å²) < 4.78 is 0. The van der Waals surface area contributed by atoms with Crippen molar-refractivity contribution in [1.82, 2.24) is 4.90 Å². The van der Waals surface area contributed by atoms with Crippen molar-refractivity contribution in [2.45, 2.75) is 13.0 Å². The third-order valence-corrected chi connectivity index (χ3v) is 3.70. The molecule has 0 atom stereocenters. The molecule has 1 aromatic carbocycles. The molecule has 1 fully saturated rings. The van der Waals surface area contributed by atoms with E-state index >= 15 is 0 Å². The molecule has 1 saturated heterocycles. The molecule has 5 heteroatoms. The highest BCUT2D eigenvalue weighted by molar-refractivity contribution is 6.42. The van der Waals surface area contributed by atoms with Crippen LogP contribution in [0.5, 0.6) is 0 Å². The van der Waals surface area contributed by atoms with Gasteiger partial charge >= 0.3 is 0 Å². The van der Waals surface area contributed by atoms with Crippen molar-refractivity contribution in [2.24, 2.45) is 4.99 Å². The molecule has 0 N–H and O–H groups in total. The Kier molecular flexibility index (Phi) is 2.19. The summed E-state index contributed by atoms with van der Waals surface area (Å²) in [6.45, 7) is 1.06. The number of carbonyl (C=O) groups excluding carboxylic acids is 1. The number of fused-ring (bicyclic) bond motifs is 2. The van der Waals surface area contributed by atoms with Gasteiger partial charge in [0.25, 0.3) is 0 Å². The Labute approximate surface area is 103 Å². The monoisotopic (exact) mass is 254 g/mol. The van der Waals surface area contributed by atoms with Crippen molar-refractivity contribution in [3.63, 3.8) is 0 Å². The molecule has 0 unspecified atom stereocenters. The first-order valence-corrected chi connectivity index (χ1v) is 5.72. The van der Waals surface area contributed by atoms with Gasteiger partial charge in [0.1, 0.15) is 5.84 Å². The third-order valence-electron chi connectivity index (χ3n) is 2.86. The fourth-order valence-electron chi connectivity index (χ4n) is 2.07. The van der Waals surface area contributed by atoms with Crippen molar-refractivity contribution in [3.8, 4) is 0 Å². The van der Waals surface area contributed by atoms with Gasteiger partial charge in [-0.1, -0.05) is 23.2 Å². The molecule has 1 aromatic rings. The Morgan fingerprint density at radius 2 is 2.06 bits per heavy atom. The molecule has 0 saturated carbocycles. The van der Waals surface area contributed by atoms with Crippen LogP contribution in [0.15, 0.2) is 17.1 Å². The molecule has 3 rings (SSSR count). The van der Waals surface area contributed by atoms with E-state index in [1.54, 1.807) is 6.07 Å². The minimum Gasteiger partial charge on any atom is -0.348 e. The van der Waals surface area contributed by atoms with Crippen molar-refractivity contribution in [1.29, 1.82) is 0 Å². The van der Waals surface area contributed by atoms with E-state index in [4.69, 9.17) is 23.2 Å². The Balaban J connectivity index is 2.12. The minimum absolute atomic E-state index is 0.203. The Hall–Kier alpha value is -1.06. The van der Waals surface area contributed by atoms with Crippen LogP contribution in [0.2, 0.25) is 10.0 Å². The fraction of sp³-hybridized carbons (Fsp3) is 0.273. The zero-order valence-corrected chi connectivity index (χ0v) is 9.85. The van der Waals surface area contributed by atoms with Crippen LogP contribution in [-0.2, 0) is 11.3 Å². The topological polar surface area (TPSA) is 32.7 Å². The second kappa shape index (κ2) is 3.47. The maximum absolute atomic E-state index is 11.3. The number of rotatable bonds is 0. The van der Waals surface area contributed by atoms with Gasteiger partial charge in [0.2, 0.25) is 0 Å². The highest BCUT2D eigenvalue weighted by atomic mass is 35.5. The van der Waals surface area contributed by atoms with E-state index in [-0.39, 0.29) is 5.78 Å². The van der Waals surface area contributed by atoms with Crippen LogP contribution in [0, 0.1) is 0 Å². The van der Waals surface area contributed by atoms with E-state index in [0.717, 1.165) is 17.1 Å². The predicted molar refractivity (Wildman–Crippen MR) is 63.6 cm³/mol. The quantitative estimate of drug-likeness (QED) is 0.714. The minimum atomic E-state index is 0.203. The van der Waals surface area contributed by atoms with E-state index in [1.165, 1.54) is 0 Å². The first kappa shape index (κ1) is 10.1. The number of Topliss-reactive ketones (excluding diaryl/α,β-unsaturated/α-hetero) is 1. The molecule has 0 spiro atoms. The van der Waals surface area contributed by atoms with Crippen LogP contribution in [-0.4, -0.2) is 23.1 Å². The van der Waals surface area contributed by atoms with E-state index in [0.29, 0.717) is 29.6 Å². The summed E-state index contributed by atoms with van der Waals surface area (Å²) >= 11 is 12.1. The third kappa shape index (κ3) is 1.43. The molecular formula is C11H8Cl2N2O. The van der Waals surface area contributed by atoms with Crippen molar-refractivity contribution in [2.75, 3.05) is 6.54 Å². The average Bonchev–Trinajstić information content (AvgIpc) is 2.61. The Morgan fingerprint density at radius 3 is 2.88 bits per heavy atom. The molecule has 82 valence electrons. The molecule has 2 aliphatic heterocycles. The maximum atomic E-state index is 11.3. The molecule has 0 amide bonds. The van der Waals surface area contributed by atoms with Gasteiger partial charge in [-0.05, 0) is 12.1 Å². The summed E-state index contributed by atoms with van der Waals surface area (Å²) in [6.07, 6.45) is 0.430. The van der Waals surface area contributed by atoms with Crippen molar-refractivity contribution < 1.29 is 4.79 Å². The largest absolute Gasteiger partial charge is 0.348 e. The number of aliphatic imine (C=N–C) groups is 1. The van der Waals surface area contributed by atoms with Crippen LogP contribution in [0.1, 0.15) is 12.0 Å². The zero-order chi connectivity index (χ0) is 11.3. The first-order valence-electron chi connectivity index (χ1n) is 4.96. The normalized spacial score (nSPS) is 18.2. The van der Waals surface area contributed by atoms with Crippen LogP contribution in [0.25, 0.3) is 0 Å². The smallest absolute Gasteiger partial charge is 0.159 e. The summed E-state index contributed by atoms with van der Waals surface area (Å²) in [5.41, 5.74) is 1.74. The molecule has 0 radical (unpaired) electrons. The van der Waals surface area contributed by atoms with Crippen molar-refractivity contribution >= 4 is 40.5 Å². The van der Waals surface area contributed by atoms with E-state index in [9.17, 15) is 4.79 Å². The number of halogens is 2. The van der Waals surface area contributed by atoms with Gasteiger partial charge in [0.15, 0.2) is 5.78 Å². The van der Waals surface area contributed by atoms with Gasteiger partial charge in [0, 0.05) is 12.1 Å². The number of hydrogen-bond acceptors (Lipinski definition) is 3. The molecule has 2 heterocycles. The number of hydrogen-bond donors (Lipinski definition) is 0. The number of ketones is 1. The highest BCUT2D eigenvalue weighted by Crippen LogP contribution is 2.37. The lowest BCUT2D eigenvalue weighted by molar-refractivity contribution is -0.116. The summed E-state index contributed by atoms with van der Waals surface area (Å²) in [4.78, 5) is 17.7. The van der Waals surface area contributed by atoms with Crippen LogP contribution in [0.3, 0.4) is 0 Å². The summed E-state index contributed by atoms with van der Waals surface area (Å²) in [5, 5.41) is 1.07. The second-order valence-electron chi connectivity index (χ2n) is 3.96. The van der Waals surface area contributed by atoms with Crippen LogP contribution >= 0.6 is 23.2 Å². The molecular weight excluding hydrogens is 247 g/mol. The fourth-order valence-corrected chi connectivity index (χ4v) is 2.47. The predicted octanol–water partition coefficient (Wildman–Crippen LogP) is 2.81. The molecule has 0 aliphatic carbocycles. The molecule has 0 bridgehead atoms. The molecule has 2 aliphatic rings. The van der Waals surface area contributed by atoms with Gasteiger partial charge in [0.05, 0.1) is 28.7 Å². The Bertz CT molecular complexity index is 525. The number of carbonyl (C=O) groups is 1. The highest BCUT2D eigenvalue weighted by Gasteiger charge is 2.30. The van der Waals surface area contributed by atoms with Gasteiger partial charge in [-0.15, -0.1) is 0 Å². The lowest BCUT2D eigenvalue weighted by Gasteiger charge is -2.24. The summed E-state index contributed by atoms with van der Waals surface area (Å²) in [5.74, 6) is 1.05. The second-order valence-corrected chi connectivity index (χ2v) is 4.74. The average molecular weight is 255 g/mol.